The summed E-state index contributed by atoms with van der Waals surface area (Å²) in [5.74, 6) is 6.57. The Labute approximate surface area is 110 Å². The van der Waals surface area contributed by atoms with Crippen molar-refractivity contribution in [3.05, 3.63) is 33.8 Å². The minimum atomic E-state index is 0.192. The zero-order valence-corrected chi connectivity index (χ0v) is 11.5. The molecule has 0 radical (unpaired) electrons. The third-order valence-electron chi connectivity index (χ3n) is 2.69. The lowest BCUT2D eigenvalue weighted by molar-refractivity contribution is 0.868. The van der Waals surface area contributed by atoms with Gasteiger partial charge in [0.15, 0.2) is 5.82 Å². The van der Waals surface area contributed by atoms with Gasteiger partial charge in [-0.15, -0.1) is 11.3 Å². The lowest BCUT2D eigenvalue weighted by Crippen LogP contribution is -2.12. The van der Waals surface area contributed by atoms with Crippen LogP contribution < -0.4 is 16.6 Å². The molecule has 0 spiro atoms. The van der Waals surface area contributed by atoms with Crippen LogP contribution in [-0.2, 0) is 0 Å². The van der Waals surface area contributed by atoms with Crippen molar-refractivity contribution >= 4 is 23.0 Å². The second-order valence-electron chi connectivity index (χ2n) is 4.17. The van der Waals surface area contributed by atoms with E-state index in [9.17, 15) is 0 Å². The van der Waals surface area contributed by atoms with Gasteiger partial charge >= 0.3 is 0 Å². The van der Waals surface area contributed by atoms with E-state index < -0.39 is 0 Å². The summed E-state index contributed by atoms with van der Waals surface area (Å²) in [7, 11) is 0. The summed E-state index contributed by atoms with van der Waals surface area (Å²) in [6, 6.07) is 2.40. The van der Waals surface area contributed by atoms with Gasteiger partial charge < -0.3 is 10.7 Å². The Morgan fingerprint density at radius 2 is 2.00 bits per heavy atom. The minimum absolute atomic E-state index is 0.192. The highest BCUT2D eigenvalue weighted by molar-refractivity contribution is 7.12. The summed E-state index contributed by atoms with van der Waals surface area (Å²) >= 11 is 1.81. The molecule has 0 aromatic carbocycles. The SMILES string of the molecule is Cc1cc(C(C)Nc2cncc(NN)n2)c(C)s1. The van der Waals surface area contributed by atoms with Gasteiger partial charge in [-0.1, -0.05) is 0 Å². The van der Waals surface area contributed by atoms with Crippen LogP contribution in [0.1, 0.15) is 28.3 Å². The van der Waals surface area contributed by atoms with Crippen molar-refractivity contribution < 1.29 is 0 Å². The number of nitrogen functional groups attached to an aromatic ring is 1. The molecule has 0 saturated carbocycles. The number of nitrogens with two attached hydrogens (primary N) is 1. The number of nitrogens with zero attached hydrogens (tertiary/aromatic N) is 2. The normalized spacial score (nSPS) is 12.2. The van der Waals surface area contributed by atoms with Crippen molar-refractivity contribution in [1.82, 2.24) is 9.97 Å². The van der Waals surface area contributed by atoms with Crippen molar-refractivity contribution in [3.8, 4) is 0 Å². The van der Waals surface area contributed by atoms with Crippen LogP contribution in [-0.4, -0.2) is 9.97 Å². The topological polar surface area (TPSA) is 75.9 Å². The predicted octanol–water partition coefficient (Wildman–Crippen LogP) is 2.61. The fraction of sp³-hybridized carbons (Fsp3) is 0.333. The lowest BCUT2D eigenvalue weighted by Gasteiger charge is -2.14. The zero-order chi connectivity index (χ0) is 13.1. The van der Waals surface area contributed by atoms with Crippen molar-refractivity contribution in [3.63, 3.8) is 0 Å². The van der Waals surface area contributed by atoms with Gasteiger partial charge in [0.05, 0.1) is 18.4 Å². The maximum Gasteiger partial charge on any atom is 0.160 e. The number of aryl methyl sites for hydroxylation is 2. The number of anilines is 2. The quantitative estimate of drug-likeness (QED) is 0.584. The molecule has 5 nitrogen and oxygen atoms in total. The lowest BCUT2D eigenvalue weighted by atomic mass is 10.1. The summed E-state index contributed by atoms with van der Waals surface area (Å²) in [6.45, 7) is 6.36. The average Bonchev–Trinajstić information content (AvgIpc) is 2.69. The molecule has 2 aromatic rings. The summed E-state index contributed by atoms with van der Waals surface area (Å²) < 4.78 is 0. The van der Waals surface area contributed by atoms with Crippen LogP contribution in [0.5, 0.6) is 0 Å². The Bertz CT molecular complexity index is 537. The molecule has 0 aliphatic heterocycles. The average molecular weight is 263 g/mol. The van der Waals surface area contributed by atoms with E-state index in [4.69, 9.17) is 5.84 Å². The highest BCUT2D eigenvalue weighted by atomic mass is 32.1. The molecular weight excluding hydrogens is 246 g/mol. The maximum atomic E-state index is 5.31. The minimum Gasteiger partial charge on any atom is -0.362 e. The third kappa shape index (κ3) is 2.77. The van der Waals surface area contributed by atoms with E-state index in [1.807, 2.05) is 11.3 Å². The highest BCUT2D eigenvalue weighted by Gasteiger charge is 2.11. The van der Waals surface area contributed by atoms with Crippen LogP contribution in [0.15, 0.2) is 18.5 Å². The fourth-order valence-electron chi connectivity index (χ4n) is 1.89. The smallest absolute Gasteiger partial charge is 0.160 e. The van der Waals surface area contributed by atoms with Gasteiger partial charge in [0, 0.05) is 9.75 Å². The summed E-state index contributed by atoms with van der Waals surface area (Å²) in [5.41, 5.74) is 3.78. The van der Waals surface area contributed by atoms with Crippen molar-refractivity contribution in [2.75, 3.05) is 10.7 Å². The molecule has 0 saturated heterocycles. The molecule has 2 aromatic heterocycles. The predicted molar refractivity (Wildman–Crippen MR) is 75.7 cm³/mol. The second kappa shape index (κ2) is 5.32. The molecule has 1 atom stereocenters. The van der Waals surface area contributed by atoms with E-state index in [1.165, 1.54) is 15.3 Å². The van der Waals surface area contributed by atoms with Crippen molar-refractivity contribution in [1.29, 1.82) is 0 Å². The number of hydrogen-bond acceptors (Lipinski definition) is 6. The molecule has 0 fully saturated rings. The number of aromatic nitrogens is 2. The van der Waals surface area contributed by atoms with Crippen LogP contribution in [0.25, 0.3) is 0 Å². The van der Waals surface area contributed by atoms with Gasteiger partial charge in [0.2, 0.25) is 0 Å². The summed E-state index contributed by atoms with van der Waals surface area (Å²) in [5, 5.41) is 3.32. The standard InChI is InChI=1S/C12H17N5S/c1-7-4-10(9(3)18-7)8(2)15-11-5-14-6-12(16-11)17-13/h4-6,8H,13H2,1-3H3,(H2,15,16,17). The van der Waals surface area contributed by atoms with Crippen LogP contribution in [0, 0.1) is 13.8 Å². The molecule has 2 heterocycles. The molecule has 0 aliphatic rings. The third-order valence-corrected chi connectivity index (χ3v) is 3.67. The molecular formula is C12H17N5S. The van der Waals surface area contributed by atoms with Gasteiger partial charge in [-0.3, -0.25) is 4.98 Å². The zero-order valence-electron chi connectivity index (χ0n) is 10.7. The van der Waals surface area contributed by atoms with Gasteiger partial charge in [-0.25, -0.2) is 10.8 Å². The first-order valence-corrected chi connectivity index (χ1v) is 6.54. The van der Waals surface area contributed by atoms with Crippen molar-refractivity contribution in [2.45, 2.75) is 26.8 Å². The fourth-order valence-corrected chi connectivity index (χ4v) is 2.91. The van der Waals surface area contributed by atoms with Gasteiger partial charge in [0.25, 0.3) is 0 Å². The van der Waals surface area contributed by atoms with Crippen molar-refractivity contribution in [2.24, 2.45) is 5.84 Å². The van der Waals surface area contributed by atoms with E-state index in [1.54, 1.807) is 12.4 Å². The Morgan fingerprint density at radius 1 is 1.28 bits per heavy atom. The first-order chi connectivity index (χ1) is 8.60. The second-order valence-corrected chi connectivity index (χ2v) is 5.63. The van der Waals surface area contributed by atoms with E-state index >= 15 is 0 Å². The Balaban J connectivity index is 2.15. The molecule has 6 heteroatoms. The summed E-state index contributed by atoms with van der Waals surface area (Å²) in [6.07, 6.45) is 3.27. The van der Waals surface area contributed by atoms with Crippen LogP contribution in [0.2, 0.25) is 0 Å². The highest BCUT2D eigenvalue weighted by Crippen LogP contribution is 2.28. The van der Waals surface area contributed by atoms with Crippen LogP contribution >= 0.6 is 11.3 Å². The number of nitrogens with one attached hydrogen (secondary N) is 2. The molecule has 1 unspecified atom stereocenters. The van der Waals surface area contributed by atoms with E-state index in [0.717, 1.165) is 0 Å². The first kappa shape index (κ1) is 12.8. The number of thiophene rings is 1. The number of rotatable bonds is 4. The Hall–Kier alpha value is -1.66. The van der Waals surface area contributed by atoms with Gasteiger partial charge in [-0.05, 0) is 32.4 Å². The largest absolute Gasteiger partial charge is 0.362 e. The van der Waals surface area contributed by atoms with Crippen LogP contribution in [0.3, 0.4) is 0 Å². The Morgan fingerprint density at radius 3 is 2.61 bits per heavy atom. The molecule has 2 rings (SSSR count). The van der Waals surface area contributed by atoms with Gasteiger partial charge in [0.1, 0.15) is 5.82 Å². The molecule has 4 N–H and O–H groups in total. The van der Waals surface area contributed by atoms with E-state index in [-0.39, 0.29) is 6.04 Å². The number of hydrazine groups is 1. The molecule has 0 bridgehead atoms. The van der Waals surface area contributed by atoms with E-state index in [2.05, 4.69) is 47.5 Å². The molecule has 0 amide bonds. The van der Waals surface area contributed by atoms with E-state index in [0.29, 0.717) is 11.6 Å². The molecule has 96 valence electrons. The Kier molecular flexibility index (Phi) is 3.78. The molecule has 0 aliphatic carbocycles. The summed E-state index contributed by atoms with van der Waals surface area (Å²) in [4.78, 5) is 11.0. The van der Waals surface area contributed by atoms with Gasteiger partial charge in [-0.2, -0.15) is 0 Å². The molecule has 18 heavy (non-hydrogen) atoms. The van der Waals surface area contributed by atoms with Crippen LogP contribution in [0.4, 0.5) is 11.6 Å². The number of hydrogen-bond donors (Lipinski definition) is 3. The monoisotopic (exact) mass is 263 g/mol. The maximum absolute atomic E-state index is 5.31. The first-order valence-electron chi connectivity index (χ1n) is 5.72.